The van der Waals surface area contributed by atoms with Crippen LogP contribution in [-0.2, 0) is 50.7 Å². The highest BCUT2D eigenvalue weighted by molar-refractivity contribution is 8.13. The van der Waals surface area contributed by atoms with E-state index in [0.717, 1.165) is 54.7 Å². The molecule has 0 aliphatic carbocycles. The zero-order valence-corrected chi connectivity index (χ0v) is 43.0. The summed E-state index contributed by atoms with van der Waals surface area (Å²) in [5.41, 5.74) is 4.29. The van der Waals surface area contributed by atoms with Gasteiger partial charge in [0, 0.05) is 37.1 Å². The lowest BCUT2D eigenvalue weighted by molar-refractivity contribution is -0.137. The molecule has 1 saturated heterocycles. The number of carbonyl (C=O) groups excluding carboxylic acids is 3. The van der Waals surface area contributed by atoms with Crippen LogP contribution in [0.4, 0.5) is 5.82 Å². The molecule has 0 bridgehead atoms. The number of hydrogen-bond donors (Lipinski definition) is 9. The summed E-state index contributed by atoms with van der Waals surface area (Å²) in [6.45, 7) is 2.81. The highest BCUT2D eigenvalue weighted by Gasteiger charge is 2.50. The normalized spacial score (nSPS) is 20.0. The molecule has 10 N–H and O–H groups in total. The fraction of sp³-hybridized carbons (Fsp3) is 0.756. The standard InChI is InChI=1S/C41H72N7O17P3S/c1-4-5-6-7-8-9-10-11-12-13-14-15-16-17-18-19-20-21-32(50)69-25-24-43-31(49)22-23-44-39(53)36(52)41(2,3)27-62-68(59,60)65-67(57,58)61-26-30-35(64-66(54,55)56)34(51)40(63-30)48-29-47-33-37(42)45-28-46-38(33)48/h11-12,28-30,34-36,40,51-52H,4-10,13-27H2,1-3H3,(H,43,49)(H,44,53)(H,57,58)(H,59,60)(H2,42,45,46)(H2,54,55,56)/b12-11-/t30-,34-,35-,36+,40-/m1/s1. The van der Waals surface area contributed by atoms with Crippen LogP contribution in [0.15, 0.2) is 24.8 Å². The van der Waals surface area contributed by atoms with Gasteiger partial charge in [-0.1, -0.05) is 109 Å². The van der Waals surface area contributed by atoms with Gasteiger partial charge in [0.15, 0.2) is 22.8 Å². The Labute approximate surface area is 407 Å². The maximum atomic E-state index is 12.7. The fourth-order valence-corrected chi connectivity index (χ4v) is 10.6. The van der Waals surface area contributed by atoms with Gasteiger partial charge in [0.1, 0.15) is 36.3 Å². The van der Waals surface area contributed by atoms with E-state index in [0.29, 0.717) is 12.2 Å². The molecule has 69 heavy (non-hydrogen) atoms. The van der Waals surface area contributed by atoms with Crippen molar-refractivity contribution in [3.05, 3.63) is 24.8 Å². The number of phosphoric ester groups is 3. The molecule has 1 fully saturated rings. The predicted octanol–water partition coefficient (Wildman–Crippen LogP) is 5.48. The Bertz CT molecular complexity index is 2080. The molecule has 0 spiro atoms. The number of phosphoric acid groups is 3. The smallest absolute Gasteiger partial charge is 0.386 e. The summed E-state index contributed by atoms with van der Waals surface area (Å²) in [4.78, 5) is 88.4. The quantitative estimate of drug-likeness (QED) is 0.0232. The first-order valence-corrected chi connectivity index (χ1v) is 28.8. The molecule has 2 aromatic rings. The Morgan fingerprint density at radius 3 is 2.12 bits per heavy atom. The van der Waals surface area contributed by atoms with Crippen LogP contribution in [0.3, 0.4) is 0 Å². The first-order chi connectivity index (χ1) is 32.6. The van der Waals surface area contributed by atoms with E-state index in [1.54, 1.807) is 0 Å². The Hall–Kier alpha value is -2.70. The zero-order valence-electron chi connectivity index (χ0n) is 39.5. The predicted molar refractivity (Wildman–Crippen MR) is 256 cm³/mol. The number of nitrogens with one attached hydrogen (secondary N) is 2. The number of aliphatic hydroxyl groups excluding tert-OH is 2. The van der Waals surface area contributed by atoms with Crippen LogP contribution in [-0.4, -0.2) is 123 Å². The molecule has 1 aliphatic rings. The Balaban J connectivity index is 1.28. The second-order valence-electron chi connectivity index (χ2n) is 17.3. The van der Waals surface area contributed by atoms with E-state index in [-0.39, 0.29) is 41.6 Å². The van der Waals surface area contributed by atoms with Crippen molar-refractivity contribution in [2.45, 2.75) is 161 Å². The Morgan fingerprint density at radius 2 is 1.48 bits per heavy atom. The number of unbranched alkanes of at least 4 members (excludes halogenated alkanes) is 13. The van der Waals surface area contributed by atoms with Gasteiger partial charge in [0.25, 0.3) is 0 Å². The topological polar surface area (TPSA) is 364 Å². The Kier molecular flexibility index (Phi) is 26.7. The molecular weight excluding hydrogens is 987 g/mol. The number of nitrogen functional groups attached to an aromatic ring is 1. The SMILES string of the molecule is CCCCCCCC/C=C\CCCCCCCCCC(=O)SCCNC(=O)CCNC(=O)[C@H](O)C(C)(C)COP(=O)(O)OP(=O)(O)OC[C@H]1O[C@@H](n2cnc3c(N)ncnc32)[C@H](O)[C@@H]1OP(=O)(O)O. The van der Waals surface area contributed by atoms with Crippen molar-refractivity contribution < 1.29 is 80.5 Å². The third-order valence-electron chi connectivity index (χ3n) is 10.9. The number of rotatable bonds is 36. The number of carbonyl (C=O) groups is 3. The molecule has 0 aromatic carbocycles. The summed E-state index contributed by atoms with van der Waals surface area (Å²) < 4.78 is 62.5. The average molecular weight is 1060 g/mol. The van der Waals surface area contributed by atoms with E-state index in [1.165, 1.54) is 84.5 Å². The molecule has 2 aromatic heterocycles. The van der Waals surface area contributed by atoms with Crippen molar-refractivity contribution in [3.63, 3.8) is 0 Å². The van der Waals surface area contributed by atoms with Gasteiger partial charge >= 0.3 is 23.5 Å². The van der Waals surface area contributed by atoms with Gasteiger partial charge in [0.2, 0.25) is 11.8 Å². The highest BCUT2D eigenvalue weighted by atomic mass is 32.2. The minimum atomic E-state index is -5.58. The first-order valence-electron chi connectivity index (χ1n) is 23.3. The minimum absolute atomic E-state index is 0.0334. The number of fused-ring (bicyclic) bond motifs is 1. The summed E-state index contributed by atoms with van der Waals surface area (Å²) in [6, 6.07) is 0. The summed E-state index contributed by atoms with van der Waals surface area (Å²) in [5, 5.41) is 26.7. The number of anilines is 1. The largest absolute Gasteiger partial charge is 0.481 e. The summed E-state index contributed by atoms with van der Waals surface area (Å²) in [5.74, 6) is -1.03. The molecule has 2 unspecified atom stereocenters. The van der Waals surface area contributed by atoms with Gasteiger partial charge < -0.3 is 50.9 Å². The summed E-state index contributed by atoms with van der Waals surface area (Å²) >= 11 is 1.15. The number of aromatic nitrogens is 4. The van der Waals surface area contributed by atoms with Crippen LogP contribution in [0.1, 0.15) is 136 Å². The van der Waals surface area contributed by atoms with Crippen molar-refractivity contribution in [2.24, 2.45) is 5.41 Å². The van der Waals surface area contributed by atoms with Crippen LogP contribution in [0.2, 0.25) is 0 Å². The van der Waals surface area contributed by atoms with E-state index < -0.39 is 84.6 Å². The fourth-order valence-electron chi connectivity index (χ4n) is 7.06. The van der Waals surface area contributed by atoms with Gasteiger partial charge in [-0.05, 0) is 32.1 Å². The Morgan fingerprint density at radius 1 is 0.870 bits per heavy atom. The molecule has 3 rings (SSSR count). The van der Waals surface area contributed by atoms with E-state index in [1.807, 2.05) is 0 Å². The van der Waals surface area contributed by atoms with Crippen LogP contribution in [0.5, 0.6) is 0 Å². The third kappa shape index (κ3) is 23.2. The van der Waals surface area contributed by atoms with Crippen molar-refractivity contribution in [1.82, 2.24) is 30.2 Å². The molecule has 24 nitrogen and oxygen atoms in total. The van der Waals surface area contributed by atoms with Crippen LogP contribution in [0.25, 0.3) is 11.2 Å². The van der Waals surface area contributed by atoms with E-state index in [9.17, 15) is 57.9 Å². The summed E-state index contributed by atoms with van der Waals surface area (Å²) in [6.07, 6.45) is 16.3. The van der Waals surface area contributed by atoms with Crippen molar-refractivity contribution >= 4 is 69.1 Å². The van der Waals surface area contributed by atoms with Crippen LogP contribution in [0, 0.1) is 5.41 Å². The highest BCUT2D eigenvalue weighted by Crippen LogP contribution is 2.61. The monoisotopic (exact) mass is 1060 g/mol. The second kappa shape index (κ2) is 30.4. The number of nitrogens with zero attached hydrogens (tertiary/aromatic N) is 4. The maximum absolute atomic E-state index is 12.7. The van der Waals surface area contributed by atoms with Gasteiger partial charge in [-0.3, -0.25) is 32.5 Å². The lowest BCUT2D eigenvalue weighted by atomic mass is 9.87. The number of aliphatic hydroxyl groups is 2. The first kappa shape index (κ1) is 60.6. The van der Waals surface area contributed by atoms with Crippen molar-refractivity contribution in [2.75, 3.05) is 37.8 Å². The molecule has 394 valence electrons. The third-order valence-corrected chi connectivity index (χ3v) is 14.9. The van der Waals surface area contributed by atoms with Crippen LogP contribution >= 0.6 is 35.2 Å². The number of imidazole rings is 1. The second-order valence-corrected chi connectivity index (χ2v) is 22.7. The summed E-state index contributed by atoms with van der Waals surface area (Å²) in [7, 11) is -16.4. The number of amides is 2. The molecule has 2 amide bonds. The van der Waals surface area contributed by atoms with E-state index in [4.69, 9.17) is 19.5 Å². The van der Waals surface area contributed by atoms with Crippen molar-refractivity contribution in [3.8, 4) is 0 Å². The lowest BCUT2D eigenvalue weighted by Crippen LogP contribution is -2.46. The number of ether oxygens (including phenoxy) is 1. The number of hydrogen-bond acceptors (Lipinski definition) is 18. The van der Waals surface area contributed by atoms with Gasteiger partial charge in [-0.15, -0.1) is 0 Å². The molecule has 1 aliphatic heterocycles. The van der Waals surface area contributed by atoms with Crippen molar-refractivity contribution in [1.29, 1.82) is 0 Å². The lowest BCUT2D eigenvalue weighted by Gasteiger charge is -2.30. The van der Waals surface area contributed by atoms with Crippen LogP contribution < -0.4 is 16.4 Å². The molecule has 3 heterocycles. The average Bonchev–Trinajstić information content (AvgIpc) is 3.84. The molecule has 0 saturated carbocycles. The molecule has 0 radical (unpaired) electrons. The van der Waals surface area contributed by atoms with E-state index >= 15 is 0 Å². The molecule has 7 atom stereocenters. The molecule has 28 heteroatoms. The number of allylic oxidation sites excluding steroid dienone is 2. The molecular formula is C41H72N7O17P3S. The van der Waals surface area contributed by atoms with E-state index in [2.05, 4.69) is 53.5 Å². The number of thioether (sulfide) groups is 1. The van der Waals surface area contributed by atoms with Gasteiger partial charge in [-0.25, -0.2) is 28.6 Å². The van der Waals surface area contributed by atoms with Gasteiger partial charge in [-0.2, -0.15) is 4.31 Å². The number of nitrogens with two attached hydrogens (primary N) is 1. The zero-order chi connectivity index (χ0) is 51.1. The maximum Gasteiger partial charge on any atom is 0.481 e. The minimum Gasteiger partial charge on any atom is -0.386 e. The van der Waals surface area contributed by atoms with Gasteiger partial charge in [0.05, 0.1) is 19.5 Å².